The van der Waals surface area contributed by atoms with Crippen LogP contribution in [0.4, 0.5) is 14.5 Å². The van der Waals surface area contributed by atoms with Crippen LogP contribution in [0.2, 0.25) is 0 Å². The minimum Gasteiger partial charge on any atom is -0.475 e. The van der Waals surface area contributed by atoms with Crippen molar-refractivity contribution in [2.45, 2.75) is 4.90 Å². The second kappa shape index (κ2) is 5.45. The molecule has 0 radical (unpaired) electrons. The molecule has 21 heavy (non-hydrogen) atoms. The number of aromatic carboxylic acids is 1. The third-order valence-corrected chi connectivity index (χ3v) is 4.55. The fraction of sp³-hybridized carbons (Fsp3) is 0. The van der Waals surface area contributed by atoms with Crippen LogP contribution in [0.25, 0.3) is 0 Å². The number of halogens is 3. The molecule has 0 saturated heterocycles. The number of anilines is 1. The summed E-state index contributed by atoms with van der Waals surface area (Å²) < 4.78 is 56.6. The maximum absolute atomic E-state index is 13.4. The van der Waals surface area contributed by atoms with E-state index in [4.69, 9.17) is 5.11 Å². The molecule has 0 aliphatic heterocycles. The largest absolute Gasteiger partial charge is 0.475 e. The number of furan rings is 1. The molecule has 0 saturated carbocycles. The van der Waals surface area contributed by atoms with Gasteiger partial charge < -0.3 is 9.52 Å². The first-order valence-electron chi connectivity index (χ1n) is 5.21. The number of hydrogen-bond acceptors (Lipinski definition) is 4. The molecule has 0 fully saturated rings. The number of carboxylic acids is 1. The third kappa shape index (κ3) is 3.22. The molecule has 0 aliphatic rings. The molecular formula is C11H6BrF2NO5S. The standard InChI is InChI=1S/C11H6BrF2NO5S/c12-10-9(4-8(20-10)11(16)17)21(18,19)15-7-3-5(13)1-2-6(7)14/h1-4,15H,(H,16,17). The molecule has 2 aromatic rings. The first-order valence-corrected chi connectivity index (χ1v) is 7.49. The highest BCUT2D eigenvalue weighted by Crippen LogP contribution is 2.28. The highest BCUT2D eigenvalue weighted by molar-refractivity contribution is 9.10. The van der Waals surface area contributed by atoms with Crippen molar-refractivity contribution in [3.8, 4) is 0 Å². The van der Waals surface area contributed by atoms with Gasteiger partial charge >= 0.3 is 5.97 Å². The molecule has 1 heterocycles. The van der Waals surface area contributed by atoms with E-state index in [1.165, 1.54) is 0 Å². The van der Waals surface area contributed by atoms with Gasteiger partial charge in [-0.1, -0.05) is 0 Å². The summed E-state index contributed by atoms with van der Waals surface area (Å²) >= 11 is 2.75. The van der Waals surface area contributed by atoms with Crippen LogP contribution < -0.4 is 4.72 Å². The number of nitrogens with one attached hydrogen (secondary N) is 1. The van der Waals surface area contributed by atoms with Gasteiger partial charge in [0.1, 0.15) is 16.5 Å². The number of carboxylic acid groups (broad SMARTS) is 1. The molecule has 0 unspecified atom stereocenters. The monoisotopic (exact) mass is 381 g/mol. The summed E-state index contributed by atoms with van der Waals surface area (Å²) in [7, 11) is -4.36. The van der Waals surface area contributed by atoms with Crippen LogP contribution in [0.3, 0.4) is 0 Å². The summed E-state index contributed by atoms with van der Waals surface area (Å²) in [5.74, 6) is -3.93. The van der Waals surface area contributed by atoms with Crippen molar-refractivity contribution in [1.82, 2.24) is 0 Å². The Morgan fingerprint density at radius 1 is 1.29 bits per heavy atom. The van der Waals surface area contributed by atoms with Gasteiger partial charge in [0.15, 0.2) is 4.67 Å². The summed E-state index contributed by atoms with van der Waals surface area (Å²) in [4.78, 5) is 10.2. The maximum atomic E-state index is 13.4. The van der Waals surface area contributed by atoms with Crippen LogP contribution in [0, 0.1) is 11.6 Å². The third-order valence-electron chi connectivity index (χ3n) is 2.33. The lowest BCUT2D eigenvalue weighted by molar-refractivity contribution is 0.0661. The van der Waals surface area contributed by atoms with Crippen LogP contribution in [-0.4, -0.2) is 19.5 Å². The zero-order valence-electron chi connectivity index (χ0n) is 9.93. The maximum Gasteiger partial charge on any atom is 0.371 e. The normalized spacial score (nSPS) is 11.4. The Kier molecular flexibility index (Phi) is 4.01. The Morgan fingerprint density at radius 2 is 1.95 bits per heavy atom. The minimum absolute atomic E-state index is 0.371. The zero-order chi connectivity index (χ0) is 15.8. The van der Waals surface area contributed by atoms with Gasteiger partial charge in [0, 0.05) is 12.1 Å². The van der Waals surface area contributed by atoms with E-state index < -0.39 is 44.0 Å². The van der Waals surface area contributed by atoms with Crippen molar-refractivity contribution in [3.05, 3.63) is 46.3 Å². The molecule has 6 nitrogen and oxygen atoms in total. The van der Waals surface area contributed by atoms with E-state index in [1.54, 1.807) is 0 Å². The van der Waals surface area contributed by atoms with Crippen molar-refractivity contribution in [2.24, 2.45) is 0 Å². The summed E-state index contributed by atoms with van der Waals surface area (Å²) in [6, 6.07) is 2.97. The highest BCUT2D eigenvalue weighted by atomic mass is 79.9. The predicted octanol–water partition coefficient (Wildman–Crippen LogP) is 2.82. The summed E-state index contributed by atoms with van der Waals surface area (Å²) in [5, 5.41) is 8.72. The molecule has 1 aromatic carbocycles. The van der Waals surface area contributed by atoms with Gasteiger partial charge in [-0.3, -0.25) is 4.72 Å². The number of carbonyl (C=O) groups is 1. The fourth-order valence-corrected chi connectivity index (χ4v) is 3.42. The van der Waals surface area contributed by atoms with Gasteiger partial charge in [-0.15, -0.1) is 0 Å². The first kappa shape index (κ1) is 15.4. The van der Waals surface area contributed by atoms with Gasteiger partial charge in [0.05, 0.1) is 5.69 Å². The number of benzene rings is 1. The summed E-state index contributed by atoms with van der Waals surface area (Å²) in [6.45, 7) is 0. The van der Waals surface area contributed by atoms with Crippen molar-refractivity contribution < 1.29 is 31.5 Å². The Balaban J connectivity index is 2.43. The zero-order valence-corrected chi connectivity index (χ0v) is 12.3. The molecule has 0 atom stereocenters. The Morgan fingerprint density at radius 3 is 2.52 bits per heavy atom. The molecule has 2 rings (SSSR count). The van der Waals surface area contributed by atoms with Gasteiger partial charge in [-0.2, -0.15) is 0 Å². The molecule has 0 amide bonds. The van der Waals surface area contributed by atoms with E-state index in [0.717, 1.165) is 18.2 Å². The molecule has 0 aliphatic carbocycles. The summed E-state index contributed by atoms with van der Waals surface area (Å²) in [5.41, 5.74) is -0.611. The Hall–Kier alpha value is -1.94. The molecular weight excluding hydrogens is 376 g/mol. The minimum atomic E-state index is -4.36. The van der Waals surface area contributed by atoms with E-state index in [-0.39, 0.29) is 4.67 Å². The number of rotatable bonds is 4. The summed E-state index contributed by atoms with van der Waals surface area (Å²) in [6.07, 6.45) is 0. The molecule has 0 bridgehead atoms. The Labute approximate surface area is 125 Å². The highest BCUT2D eigenvalue weighted by Gasteiger charge is 2.26. The van der Waals surface area contributed by atoms with Crippen LogP contribution in [0.15, 0.2) is 38.2 Å². The number of hydrogen-bond donors (Lipinski definition) is 2. The molecule has 0 spiro atoms. The smallest absolute Gasteiger partial charge is 0.371 e. The van der Waals surface area contributed by atoms with Crippen LogP contribution in [0.1, 0.15) is 10.6 Å². The molecule has 112 valence electrons. The van der Waals surface area contributed by atoms with Gasteiger partial charge in [0.25, 0.3) is 10.0 Å². The topological polar surface area (TPSA) is 96.6 Å². The SMILES string of the molecule is O=C(O)c1cc(S(=O)(=O)Nc2cc(F)ccc2F)c(Br)o1. The lowest BCUT2D eigenvalue weighted by Crippen LogP contribution is -2.14. The van der Waals surface area contributed by atoms with Crippen molar-refractivity contribution in [3.63, 3.8) is 0 Å². The second-order valence-corrected chi connectivity index (χ2v) is 6.15. The quantitative estimate of drug-likeness (QED) is 0.848. The van der Waals surface area contributed by atoms with Crippen molar-refractivity contribution in [1.29, 1.82) is 0 Å². The van der Waals surface area contributed by atoms with E-state index in [1.807, 2.05) is 4.72 Å². The fourth-order valence-electron chi connectivity index (χ4n) is 1.42. The van der Waals surface area contributed by atoms with Gasteiger partial charge in [0.2, 0.25) is 5.76 Å². The van der Waals surface area contributed by atoms with Crippen LogP contribution >= 0.6 is 15.9 Å². The molecule has 1 aromatic heterocycles. The first-order chi connectivity index (χ1) is 9.70. The average Bonchev–Trinajstić information content (AvgIpc) is 2.77. The van der Waals surface area contributed by atoms with E-state index in [9.17, 15) is 22.0 Å². The van der Waals surface area contributed by atoms with Crippen molar-refractivity contribution >= 4 is 37.6 Å². The average molecular weight is 382 g/mol. The van der Waals surface area contributed by atoms with E-state index in [0.29, 0.717) is 6.07 Å². The Bertz CT molecular complexity index is 818. The van der Waals surface area contributed by atoms with E-state index in [2.05, 4.69) is 20.3 Å². The second-order valence-electron chi connectivity index (χ2n) is 3.78. The van der Waals surface area contributed by atoms with Gasteiger partial charge in [-0.05, 0) is 28.1 Å². The van der Waals surface area contributed by atoms with E-state index >= 15 is 0 Å². The lowest BCUT2D eigenvalue weighted by atomic mass is 10.3. The predicted molar refractivity (Wildman–Crippen MR) is 70.5 cm³/mol. The van der Waals surface area contributed by atoms with Crippen LogP contribution in [0.5, 0.6) is 0 Å². The number of sulfonamides is 1. The van der Waals surface area contributed by atoms with Gasteiger partial charge in [-0.25, -0.2) is 22.0 Å². The molecule has 10 heteroatoms. The van der Waals surface area contributed by atoms with Crippen LogP contribution in [-0.2, 0) is 10.0 Å². The lowest BCUT2D eigenvalue weighted by Gasteiger charge is -2.07. The van der Waals surface area contributed by atoms with Crippen molar-refractivity contribution in [2.75, 3.05) is 4.72 Å². The molecule has 2 N–H and O–H groups in total.